The van der Waals surface area contributed by atoms with E-state index in [9.17, 15) is 9.50 Å². The molecule has 0 aliphatic heterocycles. The minimum Gasteiger partial charge on any atom is -0.392 e. The quantitative estimate of drug-likeness (QED) is 0.782. The standard InChI is InChI=1S/C15H13FN2O/c16-13-6-11(7-17-8-13)9-18-5-4-14-12(10-19)2-1-3-15(14)18/h1-8,19H,9-10H2. The summed E-state index contributed by atoms with van der Waals surface area (Å²) in [5.74, 6) is -0.329. The number of halogens is 1. The number of aliphatic hydroxyl groups is 1. The van der Waals surface area contributed by atoms with Crippen LogP contribution in [0.5, 0.6) is 0 Å². The molecule has 2 aromatic heterocycles. The van der Waals surface area contributed by atoms with Crippen LogP contribution in [0.2, 0.25) is 0 Å². The molecule has 1 aromatic carbocycles. The lowest BCUT2D eigenvalue weighted by atomic mass is 10.1. The molecule has 3 nitrogen and oxygen atoms in total. The Morgan fingerprint density at radius 2 is 2.11 bits per heavy atom. The van der Waals surface area contributed by atoms with Crippen molar-refractivity contribution in [2.45, 2.75) is 13.2 Å². The fourth-order valence-electron chi connectivity index (χ4n) is 2.30. The fourth-order valence-corrected chi connectivity index (χ4v) is 2.30. The van der Waals surface area contributed by atoms with Crippen molar-refractivity contribution in [1.82, 2.24) is 9.55 Å². The van der Waals surface area contributed by atoms with Crippen LogP contribution in [0.15, 0.2) is 48.9 Å². The average Bonchev–Trinajstić information content (AvgIpc) is 2.82. The lowest BCUT2D eigenvalue weighted by molar-refractivity contribution is 0.283. The van der Waals surface area contributed by atoms with E-state index in [0.29, 0.717) is 6.54 Å². The number of hydrogen-bond acceptors (Lipinski definition) is 2. The van der Waals surface area contributed by atoms with Crippen LogP contribution in [-0.4, -0.2) is 14.7 Å². The van der Waals surface area contributed by atoms with Gasteiger partial charge in [-0.05, 0) is 29.3 Å². The van der Waals surface area contributed by atoms with Gasteiger partial charge in [-0.1, -0.05) is 12.1 Å². The molecule has 0 bridgehead atoms. The third kappa shape index (κ3) is 2.22. The van der Waals surface area contributed by atoms with Gasteiger partial charge < -0.3 is 9.67 Å². The summed E-state index contributed by atoms with van der Waals surface area (Å²) in [6, 6.07) is 9.24. The first kappa shape index (κ1) is 11.9. The molecule has 96 valence electrons. The SMILES string of the molecule is OCc1cccc2c1ccn2Cc1cncc(F)c1. The Kier molecular flexibility index (Phi) is 3.01. The predicted molar refractivity (Wildman–Crippen MR) is 71.2 cm³/mol. The third-order valence-electron chi connectivity index (χ3n) is 3.19. The third-order valence-corrected chi connectivity index (χ3v) is 3.19. The van der Waals surface area contributed by atoms with E-state index in [-0.39, 0.29) is 12.4 Å². The Labute approximate surface area is 109 Å². The van der Waals surface area contributed by atoms with Crippen molar-refractivity contribution in [3.05, 3.63) is 65.9 Å². The molecule has 4 heteroatoms. The second-order valence-corrected chi connectivity index (χ2v) is 4.46. The van der Waals surface area contributed by atoms with Crippen molar-refractivity contribution >= 4 is 10.9 Å². The van der Waals surface area contributed by atoms with Crippen molar-refractivity contribution in [3.8, 4) is 0 Å². The average molecular weight is 256 g/mol. The molecule has 3 rings (SSSR count). The number of pyridine rings is 1. The molecule has 0 amide bonds. The zero-order chi connectivity index (χ0) is 13.2. The number of benzene rings is 1. The second-order valence-electron chi connectivity index (χ2n) is 4.46. The topological polar surface area (TPSA) is 38.0 Å². The number of hydrogen-bond donors (Lipinski definition) is 1. The number of nitrogens with zero attached hydrogens (tertiary/aromatic N) is 2. The van der Waals surface area contributed by atoms with Gasteiger partial charge in [-0.3, -0.25) is 4.98 Å². The van der Waals surface area contributed by atoms with Crippen molar-refractivity contribution in [1.29, 1.82) is 0 Å². The molecule has 0 radical (unpaired) electrons. The van der Waals surface area contributed by atoms with Gasteiger partial charge in [0.15, 0.2) is 0 Å². The van der Waals surface area contributed by atoms with E-state index < -0.39 is 0 Å². The highest BCUT2D eigenvalue weighted by molar-refractivity contribution is 5.83. The van der Waals surface area contributed by atoms with E-state index in [1.807, 2.05) is 35.0 Å². The van der Waals surface area contributed by atoms with Crippen LogP contribution >= 0.6 is 0 Å². The summed E-state index contributed by atoms with van der Waals surface area (Å²) in [4.78, 5) is 3.85. The molecule has 0 aliphatic rings. The Hall–Kier alpha value is -2.20. The fraction of sp³-hybridized carbons (Fsp3) is 0.133. The Morgan fingerprint density at radius 3 is 2.89 bits per heavy atom. The monoisotopic (exact) mass is 256 g/mol. The van der Waals surface area contributed by atoms with Crippen LogP contribution in [0.4, 0.5) is 4.39 Å². The zero-order valence-electron chi connectivity index (χ0n) is 10.3. The van der Waals surface area contributed by atoms with Gasteiger partial charge in [-0.2, -0.15) is 0 Å². The van der Waals surface area contributed by atoms with Crippen LogP contribution in [0.3, 0.4) is 0 Å². The lowest BCUT2D eigenvalue weighted by Crippen LogP contribution is -1.99. The Bertz CT molecular complexity index is 721. The maximum atomic E-state index is 13.1. The van der Waals surface area contributed by atoms with Crippen molar-refractivity contribution in [3.63, 3.8) is 0 Å². The summed E-state index contributed by atoms with van der Waals surface area (Å²) in [6.45, 7) is 0.575. The van der Waals surface area contributed by atoms with E-state index in [2.05, 4.69) is 4.98 Å². The molecule has 0 spiro atoms. The smallest absolute Gasteiger partial charge is 0.141 e. The summed E-state index contributed by atoms with van der Waals surface area (Å²) in [5, 5.41) is 10.3. The summed E-state index contributed by atoms with van der Waals surface area (Å²) in [5.41, 5.74) is 2.73. The Balaban J connectivity index is 2.02. The molecule has 0 saturated heterocycles. The van der Waals surface area contributed by atoms with Gasteiger partial charge in [0, 0.05) is 29.8 Å². The first-order chi connectivity index (χ1) is 9.28. The molecule has 0 atom stereocenters. The number of rotatable bonds is 3. The zero-order valence-corrected chi connectivity index (χ0v) is 10.3. The number of aromatic nitrogens is 2. The van der Waals surface area contributed by atoms with E-state index in [1.54, 1.807) is 6.20 Å². The molecule has 19 heavy (non-hydrogen) atoms. The molecule has 3 aromatic rings. The Morgan fingerprint density at radius 1 is 1.21 bits per heavy atom. The molecule has 0 fully saturated rings. The highest BCUT2D eigenvalue weighted by Gasteiger charge is 2.05. The van der Waals surface area contributed by atoms with E-state index in [0.717, 1.165) is 22.0 Å². The van der Waals surface area contributed by atoms with E-state index in [4.69, 9.17) is 0 Å². The maximum Gasteiger partial charge on any atom is 0.141 e. The van der Waals surface area contributed by atoms with Gasteiger partial charge in [0.25, 0.3) is 0 Å². The highest BCUT2D eigenvalue weighted by atomic mass is 19.1. The van der Waals surface area contributed by atoms with Crippen molar-refractivity contribution in [2.75, 3.05) is 0 Å². The minimum absolute atomic E-state index is 0.0167. The highest BCUT2D eigenvalue weighted by Crippen LogP contribution is 2.21. The van der Waals surface area contributed by atoms with Crippen molar-refractivity contribution < 1.29 is 9.50 Å². The molecular weight excluding hydrogens is 243 g/mol. The van der Waals surface area contributed by atoms with Crippen LogP contribution in [0, 0.1) is 5.82 Å². The predicted octanol–water partition coefficient (Wildman–Crippen LogP) is 2.72. The normalized spacial score (nSPS) is 11.1. The van der Waals surface area contributed by atoms with Gasteiger partial charge in [0.05, 0.1) is 12.8 Å². The van der Waals surface area contributed by atoms with Gasteiger partial charge >= 0.3 is 0 Å². The van der Waals surface area contributed by atoms with Gasteiger partial charge in [-0.15, -0.1) is 0 Å². The first-order valence-electron chi connectivity index (χ1n) is 6.05. The minimum atomic E-state index is -0.329. The lowest BCUT2D eigenvalue weighted by Gasteiger charge is -2.06. The van der Waals surface area contributed by atoms with Crippen molar-refractivity contribution in [2.24, 2.45) is 0 Å². The van der Waals surface area contributed by atoms with Crippen LogP contribution in [0.25, 0.3) is 10.9 Å². The maximum absolute atomic E-state index is 13.1. The second kappa shape index (κ2) is 4.82. The molecular formula is C15H13FN2O. The number of aliphatic hydroxyl groups excluding tert-OH is 1. The summed E-state index contributed by atoms with van der Waals surface area (Å²) in [7, 11) is 0. The van der Waals surface area contributed by atoms with Gasteiger partial charge in [-0.25, -0.2) is 4.39 Å². The van der Waals surface area contributed by atoms with Crippen LogP contribution in [-0.2, 0) is 13.2 Å². The van der Waals surface area contributed by atoms with Gasteiger partial charge in [0.2, 0.25) is 0 Å². The number of fused-ring (bicyclic) bond motifs is 1. The molecule has 0 unspecified atom stereocenters. The van der Waals surface area contributed by atoms with Crippen LogP contribution in [0.1, 0.15) is 11.1 Å². The summed E-state index contributed by atoms with van der Waals surface area (Å²) in [6.07, 6.45) is 4.79. The molecule has 1 N–H and O–H groups in total. The van der Waals surface area contributed by atoms with E-state index >= 15 is 0 Å². The molecule has 0 saturated carbocycles. The van der Waals surface area contributed by atoms with Crippen LogP contribution < -0.4 is 0 Å². The summed E-state index contributed by atoms with van der Waals surface area (Å²) < 4.78 is 15.1. The summed E-state index contributed by atoms with van der Waals surface area (Å²) >= 11 is 0. The molecule has 2 heterocycles. The molecule has 0 aliphatic carbocycles. The largest absolute Gasteiger partial charge is 0.392 e. The van der Waals surface area contributed by atoms with E-state index in [1.165, 1.54) is 12.3 Å². The van der Waals surface area contributed by atoms with Gasteiger partial charge in [0.1, 0.15) is 5.82 Å². The first-order valence-corrected chi connectivity index (χ1v) is 6.05.